The lowest BCUT2D eigenvalue weighted by molar-refractivity contribution is 0.484. The lowest BCUT2D eigenvalue weighted by Crippen LogP contribution is -1.97. The molecule has 0 radical (unpaired) electrons. The molecule has 0 aliphatic heterocycles. The number of nitrogen functional groups attached to an aromatic ring is 1. The van der Waals surface area contributed by atoms with E-state index in [4.69, 9.17) is 10.3 Å². The molecule has 7 heteroatoms. The van der Waals surface area contributed by atoms with E-state index in [-0.39, 0.29) is 10.0 Å². The van der Waals surface area contributed by atoms with Gasteiger partial charge in [-0.2, -0.15) is 8.42 Å². The topological polar surface area (TPSA) is 93.3 Å². The zero-order valence-electron chi connectivity index (χ0n) is 6.84. The van der Waals surface area contributed by atoms with Gasteiger partial charge < -0.3 is 5.73 Å². The molecule has 1 aromatic carbocycles. The van der Waals surface area contributed by atoms with Gasteiger partial charge in [-0.1, -0.05) is 17.4 Å². The first-order valence-electron chi connectivity index (χ1n) is 3.61. The predicted molar refractivity (Wildman–Crippen MR) is 53.8 cm³/mol. The second kappa shape index (κ2) is 2.91. The lowest BCUT2D eigenvalue weighted by atomic mass is 10.3. The number of fused-ring (bicyclic) bond motifs is 1. The van der Waals surface area contributed by atoms with Crippen LogP contribution in [0.1, 0.15) is 0 Å². The van der Waals surface area contributed by atoms with Crippen molar-refractivity contribution in [3.05, 3.63) is 18.2 Å². The van der Waals surface area contributed by atoms with Gasteiger partial charge in [0.15, 0.2) is 5.13 Å². The highest BCUT2D eigenvalue weighted by Crippen LogP contribution is 2.29. The fourth-order valence-corrected chi connectivity index (χ4v) is 2.91. The van der Waals surface area contributed by atoms with E-state index in [1.807, 2.05) is 0 Å². The van der Waals surface area contributed by atoms with Crippen LogP contribution in [0.25, 0.3) is 10.2 Å². The summed E-state index contributed by atoms with van der Waals surface area (Å²) in [5.74, 6) is 0. The molecule has 0 saturated heterocycles. The minimum absolute atomic E-state index is 0.149. The van der Waals surface area contributed by atoms with Crippen molar-refractivity contribution in [2.75, 3.05) is 5.73 Å². The van der Waals surface area contributed by atoms with Crippen LogP contribution in [0.3, 0.4) is 0 Å². The van der Waals surface area contributed by atoms with Crippen LogP contribution in [0.4, 0.5) is 5.13 Å². The summed E-state index contributed by atoms with van der Waals surface area (Å²) in [6, 6.07) is 4.46. The minimum Gasteiger partial charge on any atom is -0.375 e. The Bertz CT molecular complexity index is 588. The first-order chi connectivity index (χ1) is 6.48. The van der Waals surface area contributed by atoms with E-state index in [0.29, 0.717) is 10.2 Å². The molecule has 14 heavy (non-hydrogen) atoms. The summed E-state index contributed by atoms with van der Waals surface area (Å²) in [6.45, 7) is 0. The van der Waals surface area contributed by atoms with E-state index in [2.05, 4.69) is 4.98 Å². The zero-order valence-corrected chi connectivity index (χ0v) is 8.47. The second-order valence-electron chi connectivity index (χ2n) is 2.63. The largest absolute Gasteiger partial charge is 0.375 e. The fourth-order valence-electron chi connectivity index (χ4n) is 1.14. The van der Waals surface area contributed by atoms with Gasteiger partial charge in [-0.05, 0) is 12.1 Å². The molecule has 0 unspecified atom stereocenters. The number of nitrogens with zero attached hydrogens (tertiary/aromatic N) is 1. The Hall–Kier alpha value is -1.18. The van der Waals surface area contributed by atoms with E-state index in [1.54, 1.807) is 6.07 Å². The maximum atomic E-state index is 10.9. The first-order valence-corrected chi connectivity index (χ1v) is 5.86. The number of aromatic nitrogens is 1. The Balaban J connectivity index is 2.90. The van der Waals surface area contributed by atoms with E-state index >= 15 is 0 Å². The van der Waals surface area contributed by atoms with Crippen molar-refractivity contribution < 1.29 is 13.0 Å². The molecule has 0 amide bonds. The summed E-state index contributed by atoms with van der Waals surface area (Å²) < 4.78 is 31.2. The van der Waals surface area contributed by atoms with Gasteiger partial charge in [0.2, 0.25) is 0 Å². The molecule has 2 aromatic rings. The molecule has 0 spiro atoms. The van der Waals surface area contributed by atoms with Gasteiger partial charge in [0, 0.05) is 0 Å². The van der Waals surface area contributed by atoms with Crippen LogP contribution in [-0.2, 0) is 10.1 Å². The summed E-state index contributed by atoms with van der Waals surface area (Å²) in [5.41, 5.74) is 5.91. The summed E-state index contributed by atoms with van der Waals surface area (Å²) in [7, 11) is -4.20. The van der Waals surface area contributed by atoms with Crippen LogP contribution in [0.2, 0.25) is 0 Å². The Kier molecular flexibility index (Phi) is 1.95. The molecule has 1 aromatic heterocycles. The summed E-state index contributed by atoms with van der Waals surface area (Å²) in [4.78, 5) is 3.76. The van der Waals surface area contributed by atoms with Gasteiger partial charge >= 0.3 is 0 Å². The maximum Gasteiger partial charge on any atom is 0.296 e. The monoisotopic (exact) mass is 230 g/mol. The van der Waals surface area contributed by atoms with Crippen LogP contribution < -0.4 is 5.73 Å². The average molecular weight is 230 g/mol. The van der Waals surface area contributed by atoms with Crippen LogP contribution in [0.5, 0.6) is 0 Å². The number of nitrogens with two attached hydrogens (primary N) is 1. The van der Waals surface area contributed by atoms with E-state index < -0.39 is 10.1 Å². The van der Waals surface area contributed by atoms with Crippen molar-refractivity contribution in [2.45, 2.75) is 4.90 Å². The normalized spacial score (nSPS) is 12.1. The Morgan fingerprint density at radius 2 is 2.14 bits per heavy atom. The first kappa shape index (κ1) is 9.38. The molecular formula is C7H6N2O3S2. The van der Waals surface area contributed by atoms with Gasteiger partial charge in [0.25, 0.3) is 10.1 Å². The molecule has 0 atom stereocenters. The molecule has 1 heterocycles. The number of anilines is 1. The maximum absolute atomic E-state index is 10.9. The van der Waals surface area contributed by atoms with Crippen LogP contribution in [0, 0.1) is 0 Å². The third-order valence-corrected chi connectivity index (χ3v) is 3.63. The predicted octanol–water partition coefficient (Wildman–Crippen LogP) is 1.13. The smallest absolute Gasteiger partial charge is 0.296 e. The number of hydrogen-bond acceptors (Lipinski definition) is 5. The van der Waals surface area contributed by atoms with Crippen LogP contribution in [-0.4, -0.2) is 18.0 Å². The number of hydrogen-bond donors (Lipinski definition) is 2. The summed E-state index contributed by atoms with van der Waals surface area (Å²) in [6.07, 6.45) is 0. The number of benzene rings is 1. The van der Waals surface area contributed by atoms with Crippen molar-refractivity contribution >= 4 is 36.8 Å². The molecule has 74 valence electrons. The second-order valence-corrected chi connectivity index (χ2v) is 5.05. The third kappa shape index (κ3) is 1.45. The Morgan fingerprint density at radius 3 is 2.79 bits per heavy atom. The SMILES string of the molecule is Nc1nc2cccc(S(=O)(=O)O)c2s1. The third-order valence-electron chi connectivity index (χ3n) is 1.67. The highest BCUT2D eigenvalue weighted by molar-refractivity contribution is 7.86. The quantitative estimate of drug-likeness (QED) is 0.716. The van der Waals surface area contributed by atoms with Crippen molar-refractivity contribution in [1.82, 2.24) is 4.98 Å². The molecule has 0 bridgehead atoms. The standard InChI is InChI=1S/C7H6N2O3S2/c8-7-9-4-2-1-3-5(6(4)13-7)14(10,11)12/h1-3H,(H2,8,9)(H,10,11,12). The number of rotatable bonds is 1. The minimum atomic E-state index is -4.20. The summed E-state index contributed by atoms with van der Waals surface area (Å²) in [5, 5.41) is 0.274. The van der Waals surface area contributed by atoms with Crippen LogP contribution in [0.15, 0.2) is 23.1 Å². The number of thiazole rings is 1. The highest BCUT2D eigenvalue weighted by atomic mass is 32.2. The van der Waals surface area contributed by atoms with Gasteiger partial charge in [0.1, 0.15) is 4.90 Å². The van der Waals surface area contributed by atoms with E-state index in [0.717, 1.165) is 11.3 Å². The van der Waals surface area contributed by atoms with Gasteiger partial charge in [-0.15, -0.1) is 0 Å². The average Bonchev–Trinajstić information content (AvgIpc) is 2.41. The van der Waals surface area contributed by atoms with Crippen molar-refractivity contribution in [3.8, 4) is 0 Å². The zero-order chi connectivity index (χ0) is 10.3. The Labute approximate surface area is 83.9 Å². The summed E-state index contributed by atoms with van der Waals surface area (Å²) >= 11 is 1.03. The van der Waals surface area contributed by atoms with Gasteiger partial charge in [0.05, 0.1) is 10.2 Å². The molecular weight excluding hydrogens is 224 g/mol. The van der Waals surface area contributed by atoms with E-state index in [9.17, 15) is 8.42 Å². The van der Waals surface area contributed by atoms with E-state index in [1.165, 1.54) is 12.1 Å². The molecule has 0 fully saturated rings. The lowest BCUT2D eigenvalue weighted by Gasteiger charge is -1.96. The van der Waals surface area contributed by atoms with Crippen molar-refractivity contribution in [2.24, 2.45) is 0 Å². The van der Waals surface area contributed by atoms with Crippen LogP contribution >= 0.6 is 11.3 Å². The molecule has 2 rings (SSSR count). The van der Waals surface area contributed by atoms with Gasteiger partial charge in [-0.3, -0.25) is 4.55 Å². The van der Waals surface area contributed by atoms with Crippen molar-refractivity contribution in [1.29, 1.82) is 0 Å². The van der Waals surface area contributed by atoms with Gasteiger partial charge in [-0.25, -0.2) is 4.98 Å². The molecule has 3 N–H and O–H groups in total. The van der Waals surface area contributed by atoms with Crippen molar-refractivity contribution in [3.63, 3.8) is 0 Å². The molecule has 0 aliphatic carbocycles. The fraction of sp³-hybridized carbons (Fsp3) is 0. The Morgan fingerprint density at radius 1 is 1.43 bits per heavy atom. The molecule has 0 aliphatic rings. The molecule has 0 saturated carbocycles. The molecule has 5 nitrogen and oxygen atoms in total. The highest BCUT2D eigenvalue weighted by Gasteiger charge is 2.15.